The lowest BCUT2D eigenvalue weighted by atomic mass is 9.92. The molecule has 3 aromatic rings. The Labute approximate surface area is 201 Å². The minimum Gasteiger partial charge on any atom is -0.497 e. The lowest BCUT2D eigenvalue weighted by molar-refractivity contribution is -0.139. The van der Waals surface area contributed by atoms with Gasteiger partial charge in [-0.1, -0.05) is 24.3 Å². The van der Waals surface area contributed by atoms with Crippen molar-refractivity contribution in [2.24, 2.45) is 0 Å². The van der Waals surface area contributed by atoms with Crippen molar-refractivity contribution in [2.45, 2.75) is 31.2 Å². The lowest BCUT2D eigenvalue weighted by Gasteiger charge is -2.32. The SMILES string of the molecule is COc1ccc([C@@]2(C)NC(=O)N(CC(=O)N3CCC[C@@H](c4nc5ccccc5s4)C3)C2=O)cc1. The van der Waals surface area contributed by atoms with E-state index in [0.717, 1.165) is 33.0 Å². The van der Waals surface area contributed by atoms with Crippen LogP contribution in [0.3, 0.4) is 0 Å². The molecule has 1 aromatic heterocycles. The van der Waals surface area contributed by atoms with E-state index in [1.54, 1.807) is 54.5 Å². The lowest BCUT2D eigenvalue weighted by Crippen LogP contribution is -2.47. The normalized spacial score (nSPS) is 22.8. The van der Waals surface area contributed by atoms with Gasteiger partial charge in [0.1, 0.15) is 17.8 Å². The summed E-state index contributed by atoms with van der Waals surface area (Å²) in [5.74, 6) is 0.149. The molecule has 0 aliphatic carbocycles. The van der Waals surface area contributed by atoms with Crippen LogP contribution in [0.5, 0.6) is 5.75 Å². The summed E-state index contributed by atoms with van der Waals surface area (Å²) in [7, 11) is 1.56. The highest BCUT2D eigenvalue weighted by Gasteiger charge is 2.49. The molecule has 1 N–H and O–H groups in total. The van der Waals surface area contributed by atoms with Gasteiger partial charge in [0.15, 0.2) is 0 Å². The number of nitrogens with zero attached hydrogens (tertiary/aromatic N) is 3. The number of carbonyl (C=O) groups is 3. The Hall–Kier alpha value is -3.46. The van der Waals surface area contributed by atoms with Crippen LogP contribution >= 0.6 is 11.3 Å². The number of aromatic nitrogens is 1. The monoisotopic (exact) mass is 478 g/mol. The second-order valence-electron chi connectivity index (χ2n) is 8.87. The van der Waals surface area contributed by atoms with Gasteiger partial charge in [-0.25, -0.2) is 9.78 Å². The Balaban J connectivity index is 1.28. The third-order valence-corrected chi connectivity index (χ3v) is 7.87. The van der Waals surface area contributed by atoms with Crippen LogP contribution in [-0.2, 0) is 15.1 Å². The minimum absolute atomic E-state index is 0.155. The van der Waals surface area contributed by atoms with Crippen LogP contribution in [-0.4, -0.2) is 59.4 Å². The Morgan fingerprint density at radius 1 is 1.21 bits per heavy atom. The molecular formula is C25H26N4O4S. The minimum atomic E-state index is -1.23. The molecule has 2 aromatic carbocycles. The number of thiazole rings is 1. The Bertz CT molecular complexity index is 1220. The highest BCUT2D eigenvalue weighted by molar-refractivity contribution is 7.18. The number of piperidine rings is 1. The molecule has 176 valence electrons. The largest absolute Gasteiger partial charge is 0.497 e. The van der Waals surface area contributed by atoms with E-state index in [1.807, 2.05) is 18.2 Å². The molecule has 4 amide bonds. The molecule has 9 heteroatoms. The van der Waals surface area contributed by atoms with Crippen LogP contribution < -0.4 is 10.1 Å². The number of hydrogen-bond donors (Lipinski definition) is 1. The molecular weight excluding hydrogens is 452 g/mol. The third kappa shape index (κ3) is 3.90. The number of fused-ring (bicyclic) bond motifs is 1. The first kappa shape index (κ1) is 22.3. The zero-order valence-electron chi connectivity index (χ0n) is 19.1. The smallest absolute Gasteiger partial charge is 0.325 e. The van der Waals surface area contributed by atoms with E-state index < -0.39 is 17.5 Å². The van der Waals surface area contributed by atoms with E-state index in [9.17, 15) is 14.4 Å². The first-order chi connectivity index (χ1) is 16.4. The number of benzene rings is 2. The second-order valence-corrected chi connectivity index (χ2v) is 9.94. The number of urea groups is 1. The number of ether oxygens (including phenoxy) is 1. The van der Waals surface area contributed by atoms with Crippen LogP contribution in [0.25, 0.3) is 10.2 Å². The van der Waals surface area contributed by atoms with Crippen molar-refractivity contribution in [3.8, 4) is 5.75 Å². The molecule has 0 saturated carbocycles. The highest BCUT2D eigenvalue weighted by atomic mass is 32.1. The van der Waals surface area contributed by atoms with Gasteiger partial charge in [-0.3, -0.25) is 14.5 Å². The summed E-state index contributed by atoms with van der Waals surface area (Å²) >= 11 is 1.66. The number of amides is 4. The number of hydrogen-bond acceptors (Lipinski definition) is 6. The number of rotatable bonds is 5. The van der Waals surface area contributed by atoms with Gasteiger partial charge in [0.05, 0.1) is 22.3 Å². The summed E-state index contributed by atoms with van der Waals surface area (Å²) in [5, 5.41) is 3.79. The van der Waals surface area contributed by atoms with Crippen LogP contribution in [0.4, 0.5) is 4.79 Å². The maximum atomic E-state index is 13.2. The maximum Gasteiger partial charge on any atom is 0.325 e. The van der Waals surface area contributed by atoms with Gasteiger partial charge in [0.25, 0.3) is 5.91 Å². The topological polar surface area (TPSA) is 91.8 Å². The van der Waals surface area contributed by atoms with Gasteiger partial charge in [0.2, 0.25) is 5.91 Å². The fourth-order valence-corrected chi connectivity index (χ4v) is 5.76. The van der Waals surface area contributed by atoms with E-state index in [1.165, 1.54) is 0 Å². The average molecular weight is 479 g/mol. The molecule has 2 aliphatic rings. The van der Waals surface area contributed by atoms with Crippen LogP contribution in [0.1, 0.15) is 36.3 Å². The van der Waals surface area contributed by atoms with Gasteiger partial charge in [0, 0.05) is 19.0 Å². The Morgan fingerprint density at radius 3 is 2.71 bits per heavy atom. The van der Waals surface area contributed by atoms with E-state index in [0.29, 0.717) is 24.4 Å². The quantitative estimate of drug-likeness (QED) is 0.567. The van der Waals surface area contributed by atoms with E-state index >= 15 is 0 Å². The zero-order chi connectivity index (χ0) is 23.9. The average Bonchev–Trinajstić information content (AvgIpc) is 3.39. The fourth-order valence-electron chi connectivity index (χ4n) is 4.67. The number of nitrogens with one attached hydrogen (secondary N) is 1. The predicted octanol–water partition coefficient (Wildman–Crippen LogP) is 3.48. The van der Waals surface area contributed by atoms with E-state index in [-0.39, 0.29) is 18.4 Å². The summed E-state index contributed by atoms with van der Waals surface area (Å²) in [4.78, 5) is 46.6. The summed E-state index contributed by atoms with van der Waals surface area (Å²) < 4.78 is 6.31. The molecule has 3 heterocycles. The molecule has 0 bridgehead atoms. The van der Waals surface area contributed by atoms with Crippen LogP contribution in [0.15, 0.2) is 48.5 Å². The molecule has 0 unspecified atom stereocenters. The van der Waals surface area contributed by atoms with Gasteiger partial charge in [-0.2, -0.15) is 0 Å². The van der Waals surface area contributed by atoms with Gasteiger partial charge < -0.3 is 15.0 Å². The number of likely N-dealkylation sites (tertiary alicyclic amines) is 1. The van der Waals surface area contributed by atoms with Crippen molar-refractivity contribution in [3.63, 3.8) is 0 Å². The molecule has 2 aliphatic heterocycles. The summed E-state index contributed by atoms with van der Waals surface area (Å²) in [5.41, 5.74) is 0.383. The maximum absolute atomic E-state index is 13.2. The second kappa shape index (κ2) is 8.72. The first-order valence-corrected chi connectivity index (χ1v) is 12.1. The molecule has 0 radical (unpaired) electrons. The predicted molar refractivity (Wildman–Crippen MR) is 129 cm³/mol. The van der Waals surface area contributed by atoms with Gasteiger partial charge in [-0.05, 0) is 49.6 Å². The van der Waals surface area contributed by atoms with Crippen molar-refractivity contribution in [3.05, 3.63) is 59.1 Å². The van der Waals surface area contributed by atoms with Crippen molar-refractivity contribution >= 4 is 39.4 Å². The van der Waals surface area contributed by atoms with Gasteiger partial charge >= 0.3 is 6.03 Å². The summed E-state index contributed by atoms with van der Waals surface area (Å²) in [6.45, 7) is 2.53. The number of para-hydroxylation sites is 1. The Morgan fingerprint density at radius 2 is 1.97 bits per heavy atom. The number of methoxy groups -OCH3 is 1. The first-order valence-electron chi connectivity index (χ1n) is 11.3. The number of imide groups is 1. The zero-order valence-corrected chi connectivity index (χ0v) is 19.9. The molecule has 8 nitrogen and oxygen atoms in total. The Kier molecular flexibility index (Phi) is 5.73. The van der Waals surface area contributed by atoms with Crippen molar-refractivity contribution < 1.29 is 19.1 Å². The molecule has 34 heavy (non-hydrogen) atoms. The molecule has 0 spiro atoms. The standard InChI is InChI=1S/C25H26N4O4S/c1-25(17-9-11-18(33-2)12-10-17)23(31)29(24(32)27-25)15-21(30)28-13-5-6-16(14-28)22-26-19-7-3-4-8-20(19)34-22/h3-4,7-12,16H,5-6,13-15H2,1-2H3,(H,27,32)/t16-,25-/m1/s1. The van der Waals surface area contributed by atoms with Crippen molar-refractivity contribution in [2.75, 3.05) is 26.7 Å². The van der Waals surface area contributed by atoms with E-state index in [4.69, 9.17) is 9.72 Å². The van der Waals surface area contributed by atoms with E-state index in [2.05, 4.69) is 11.4 Å². The third-order valence-electron chi connectivity index (χ3n) is 6.67. The highest BCUT2D eigenvalue weighted by Crippen LogP contribution is 2.34. The summed E-state index contributed by atoms with van der Waals surface area (Å²) in [6, 6.07) is 14.4. The molecule has 2 fully saturated rings. The molecule has 5 rings (SSSR count). The number of carbonyl (C=O) groups excluding carboxylic acids is 3. The van der Waals surface area contributed by atoms with Crippen LogP contribution in [0.2, 0.25) is 0 Å². The fraction of sp³-hybridized carbons (Fsp3) is 0.360. The van der Waals surface area contributed by atoms with Gasteiger partial charge in [-0.15, -0.1) is 11.3 Å². The van der Waals surface area contributed by atoms with Crippen molar-refractivity contribution in [1.82, 2.24) is 20.1 Å². The van der Waals surface area contributed by atoms with Crippen molar-refractivity contribution in [1.29, 1.82) is 0 Å². The summed E-state index contributed by atoms with van der Waals surface area (Å²) in [6.07, 6.45) is 1.82. The van der Waals surface area contributed by atoms with Crippen LogP contribution in [0, 0.1) is 0 Å². The molecule has 2 saturated heterocycles. The molecule has 2 atom stereocenters.